The van der Waals surface area contributed by atoms with Crippen LogP contribution in [0, 0.1) is 0 Å². The van der Waals surface area contributed by atoms with E-state index in [0.717, 1.165) is 11.9 Å². The summed E-state index contributed by atoms with van der Waals surface area (Å²) < 4.78 is 0. The molecule has 2 rings (SSSR count). The van der Waals surface area contributed by atoms with Crippen LogP contribution in [-0.4, -0.2) is 9.81 Å². The van der Waals surface area contributed by atoms with Gasteiger partial charge in [-0.05, 0) is 29.5 Å². The third-order valence-corrected chi connectivity index (χ3v) is 3.49. The van der Waals surface area contributed by atoms with Crippen LogP contribution < -0.4 is 0 Å². The highest BCUT2D eigenvalue weighted by atomic mass is 79.9. The predicted molar refractivity (Wildman–Crippen MR) is 77.8 cm³/mol. The predicted octanol–water partition coefficient (Wildman–Crippen LogP) is 4.69. The third-order valence-electron chi connectivity index (χ3n) is 3.17. The van der Waals surface area contributed by atoms with Gasteiger partial charge in [-0.25, -0.2) is 0 Å². The number of nitrogens with zero attached hydrogens (tertiary/aromatic N) is 1. The fourth-order valence-electron chi connectivity index (χ4n) is 2.51. The number of hydrogen-bond donors (Lipinski definition) is 0. The lowest BCUT2D eigenvalue weighted by Crippen LogP contribution is -2.21. The first-order valence-electron chi connectivity index (χ1n) is 5.99. The van der Waals surface area contributed by atoms with Gasteiger partial charge in [-0.1, -0.05) is 54.9 Å². The van der Waals surface area contributed by atoms with E-state index in [1.165, 1.54) is 10.9 Å². The van der Waals surface area contributed by atoms with Crippen molar-refractivity contribution in [2.24, 2.45) is 0 Å². The van der Waals surface area contributed by atoms with Crippen molar-refractivity contribution in [3.63, 3.8) is 0 Å². The third kappa shape index (κ3) is 2.68. The Morgan fingerprint density at radius 1 is 1.24 bits per heavy atom. The Bertz CT molecular complexity index is 512. The summed E-state index contributed by atoms with van der Waals surface area (Å²) >= 11 is 3.66. The number of hydrogen-bond acceptors (Lipinski definition) is 1. The second-order valence-electron chi connectivity index (χ2n) is 5.24. The topological polar surface area (TPSA) is 12.9 Å². The normalized spacial score (nSPS) is 13.9. The monoisotopic (exact) mass is 291 g/mol. The van der Waals surface area contributed by atoms with Gasteiger partial charge in [0.2, 0.25) is 0 Å². The molecule has 0 radical (unpaired) electrons. The number of rotatable bonds is 3. The number of alkyl halides is 1. The molecule has 0 saturated carbocycles. The van der Waals surface area contributed by atoms with Crippen LogP contribution in [0.4, 0.5) is 0 Å². The molecule has 0 bridgehead atoms. The van der Waals surface area contributed by atoms with Crippen molar-refractivity contribution in [2.45, 2.75) is 37.4 Å². The lowest BCUT2D eigenvalue weighted by Gasteiger charge is -2.28. The van der Waals surface area contributed by atoms with Gasteiger partial charge in [0.15, 0.2) is 0 Å². The van der Waals surface area contributed by atoms with Gasteiger partial charge < -0.3 is 0 Å². The van der Waals surface area contributed by atoms with Gasteiger partial charge in [0.25, 0.3) is 0 Å². The Morgan fingerprint density at radius 2 is 2.00 bits per heavy atom. The first-order chi connectivity index (χ1) is 8.00. The van der Waals surface area contributed by atoms with Crippen LogP contribution in [0.3, 0.4) is 0 Å². The molecule has 0 aliphatic heterocycles. The van der Waals surface area contributed by atoms with E-state index in [4.69, 9.17) is 0 Å². The van der Waals surface area contributed by atoms with Crippen LogP contribution in [-0.2, 0) is 5.41 Å². The van der Waals surface area contributed by atoms with Gasteiger partial charge in [0, 0.05) is 16.4 Å². The summed E-state index contributed by atoms with van der Waals surface area (Å²) in [4.78, 5) is 4.94. The van der Waals surface area contributed by atoms with Gasteiger partial charge in [0.1, 0.15) is 0 Å². The zero-order valence-corrected chi connectivity index (χ0v) is 12.2. The van der Waals surface area contributed by atoms with E-state index >= 15 is 0 Å². The molecule has 1 atom stereocenters. The van der Waals surface area contributed by atoms with E-state index in [0.29, 0.717) is 4.83 Å². The molecule has 1 heterocycles. The average molecular weight is 292 g/mol. The maximum absolute atomic E-state index is 4.42. The fraction of sp³-hybridized carbons (Fsp3) is 0.400. The molecule has 0 N–H and O–H groups in total. The van der Waals surface area contributed by atoms with E-state index in [1.54, 1.807) is 0 Å². The van der Waals surface area contributed by atoms with Crippen LogP contribution in [0.2, 0.25) is 0 Å². The molecule has 2 heteroatoms. The molecule has 0 aliphatic rings. The maximum atomic E-state index is 4.42. The zero-order chi connectivity index (χ0) is 12.5. The molecular weight excluding hydrogens is 274 g/mol. The zero-order valence-electron chi connectivity index (χ0n) is 10.6. The van der Waals surface area contributed by atoms with Crippen LogP contribution >= 0.6 is 15.9 Å². The summed E-state index contributed by atoms with van der Waals surface area (Å²) in [5.41, 5.74) is 2.63. The fourth-order valence-corrected chi connectivity index (χ4v) is 3.32. The minimum Gasteiger partial charge on any atom is -0.256 e. The van der Waals surface area contributed by atoms with Crippen LogP contribution in [0.15, 0.2) is 36.5 Å². The molecule has 1 aromatic carbocycles. The first-order valence-corrected chi connectivity index (χ1v) is 6.90. The van der Waals surface area contributed by atoms with Crippen molar-refractivity contribution in [2.75, 3.05) is 0 Å². The van der Waals surface area contributed by atoms with Gasteiger partial charge in [-0.15, -0.1) is 0 Å². The number of fused-ring (bicyclic) bond motifs is 1. The quantitative estimate of drug-likeness (QED) is 0.748. The van der Waals surface area contributed by atoms with Crippen molar-refractivity contribution in [1.29, 1.82) is 0 Å². The van der Waals surface area contributed by atoms with Gasteiger partial charge in [-0.3, -0.25) is 4.98 Å². The van der Waals surface area contributed by atoms with Crippen LogP contribution in [0.1, 0.15) is 32.8 Å². The molecule has 1 unspecified atom stereocenters. The number of halogens is 1. The second-order valence-corrected chi connectivity index (χ2v) is 6.81. The Morgan fingerprint density at radius 3 is 2.71 bits per heavy atom. The smallest absolute Gasteiger partial charge is 0.0704 e. The Hall–Kier alpha value is -0.890. The van der Waals surface area contributed by atoms with Gasteiger partial charge in [0.05, 0.1) is 5.52 Å². The molecule has 90 valence electrons. The molecule has 1 aromatic heterocycles. The SMILES string of the molecule is CC(Br)CC(C)(C)c1cccc2ncccc12. The largest absolute Gasteiger partial charge is 0.256 e. The highest BCUT2D eigenvalue weighted by molar-refractivity contribution is 9.09. The first kappa shape index (κ1) is 12.6. The van der Waals surface area contributed by atoms with Crippen LogP contribution in [0.25, 0.3) is 10.9 Å². The van der Waals surface area contributed by atoms with Gasteiger partial charge >= 0.3 is 0 Å². The maximum Gasteiger partial charge on any atom is 0.0704 e. The molecule has 0 amide bonds. The van der Waals surface area contributed by atoms with Crippen molar-refractivity contribution >= 4 is 26.8 Å². The van der Waals surface area contributed by atoms with Crippen molar-refractivity contribution in [3.05, 3.63) is 42.1 Å². The summed E-state index contributed by atoms with van der Waals surface area (Å²) in [5, 5.41) is 1.27. The van der Waals surface area contributed by atoms with Gasteiger partial charge in [-0.2, -0.15) is 0 Å². The lowest BCUT2D eigenvalue weighted by atomic mass is 9.79. The Kier molecular flexibility index (Phi) is 3.53. The van der Waals surface area contributed by atoms with E-state index < -0.39 is 0 Å². The molecule has 1 nitrogen and oxygen atoms in total. The molecule has 0 aliphatic carbocycles. The minimum absolute atomic E-state index is 0.158. The summed E-state index contributed by atoms with van der Waals surface area (Å²) in [5.74, 6) is 0. The molecule has 0 spiro atoms. The summed E-state index contributed by atoms with van der Waals surface area (Å²) in [7, 11) is 0. The van der Waals surface area contributed by atoms with Crippen molar-refractivity contribution in [1.82, 2.24) is 4.98 Å². The Labute approximate surface area is 111 Å². The average Bonchev–Trinajstić information content (AvgIpc) is 2.26. The summed E-state index contributed by atoms with van der Waals surface area (Å²) in [6.45, 7) is 6.80. The standard InChI is InChI=1S/C15H18BrN/c1-11(16)10-15(2,3)13-7-4-8-14-12(13)6-5-9-17-14/h4-9,11H,10H2,1-3H3. The summed E-state index contributed by atoms with van der Waals surface area (Å²) in [6.07, 6.45) is 2.97. The van der Waals surface area contributed by atoms with Crippen molar-refractivity contribution < 1.29 is 0 Å². The highest BCUT2D eigenvalue weighted by Crippen LogP contribution is 2.34. The van der Waals surface area contributed by atoms with E-state index in [2.05, 4.69) is 66.0 Å². The molecule has 0 saturated heterocycles. The number of benzene rings is 1. The van der Waals surface area contributed by atoms with E-state index in [9.17, 15) is 0 Å². The molecule has 0 fully saturated rings. The number of pyridine rings is 1. The van der Waals surface area contributed by atoms with Crippen molar-refractivity contribution in [3.8, 4) is 0 Å². The molecular formula is C15H18BrN. The molecule has 17 heavy (non-hydrogen) atoms. The number of aromatic nitrogens is 1. The summed E-state index contributed by atoms with van der Waals surface area (Å²) in [6, 6.07) is 10.6. The lowest BCUT2D eigenvalue weighted by molar-refractivity contribution is 0.486. The van der Waals surface area contributed by atoms with E-state index in [-0.39, 0.29) is 5.41 Å². The van der Waals surface area contributed by atoms with Crippen LogP contribution in [0.5, 0.6) is 0 Å². The Balaban J connectivity index is 2.55. The highest BCUT2D eigenvalue weighted by Gasteiger charge is 2.24. The second kappa shape index (κ2) is 4.77. The molecule has 2 aromatic rings. The van der Waals surface area contributed by atoms with E-state index in [1.807, 2.05) is 12.3 Å². The minimum atomic E-state index is 0.158.